The van der Waals surface area contributed by atoms with E-state index in [0.717, 1.165) is 15.4 Å². The van der Waals surface area contributed by atoms with Gasteiger partial charge in [-0.3, -0.25) is 4.79 Å². The highest BCUT2D eigenvalue weighted by Crippen LogP contribution is 2.27. The van der Waals surface area contributed by atoms with Gasteiger partial charge in [0.05, 0.1) is 7.11 Å². The Bertz CT molecular complexity index is 950. The zero-order valence-electron chi connectivity index (χ0n) is 15.9. The summed E-state index contributed by atoms with van der Waals surface area (Å²) in [7, 11) is 0.667. The highest BCUT2D eigenvalue weighted by atomic mass is 32.2. The van der Waals surface area contributed by atoms with E-state index < -0.39 is 10.0 Å². The minimum absolute atomic E-state index is 0.0532. The van der Waals surface area contributed by atoms with E-state index in [-0.39, 0.29) is 16.6 Å². The molecule has 0 saturated heterocycles. The number of benzene rings is 2. The fraction of sp³-hybridized carbons (Fsp3) is 0.250. The van der Waals surface area contributed by atoms with Gasteiger partial charge in [0.1, 0.15) is 10.6 Å². The summed E-state index contributed by atoms with van der Waals surface area (Å²) < 4.78 is 31.1. The van der Waals surface area contributed by atoms with Crippen molar-refractivity contribution in [1.29, 1.82) is 0 Å². The predicted octanol–water partition coefficient (Wildman–Crippen LogP) is 2.58. The number of nitrogens with zero attached hydrogens (tertiary/aromatic N) is 1. The molecule has 1 N–H and O–H groups in total. The number of ether oxygens (including phenoxy) is 1. The van der Waals surface area contributed by atoms with E-state index in [1.165, 1.54) is 33.3 Å². The second kappa shape index (κ2) is 8.83. The van der Waals surface area contributed by atoms with Crippen molar-refractivity contribution in [2.45, 2.75) is 18.4 Å². The number of carbonyl (C=O) groups excluding carboxylic acids is 1. The van der Waals surface area contributed by atoms with Crippen LogP contribution >= 0.6 is 0 Å². The molecule has 0 fully saturated rings. The fourth-order valence-corrected chi connectivity index (χ4v) is 3.50. The van der Waals surface area contributed by atoms with Crippen LogP contribution in [-0.2, 0) is 21.4 Å². The molecule has 2 aromatic carbocycles. The monoisotopic (exact) mass is 388 g/mol. The molecule has 0 aliphatic carbocycles. The summed E-state index contributed by atoms with van der Waals surface area (Å²) in [5.74, 6) is -0.00376. The summed E-state index contributed by atoms with van der Waals surface area (Å²) in [4.78, 5) is 12.1. The maximum atomic E-state index is 12.4. The van der Waals surface area contributed by atoms with Gasteiger partial charge in [0.25, 0.3) is 0 Å². The third-order valence-corrected chi connectivity index (χ3v) is 5.92. The Labute approximate surface area is 160 Å². The van der Waals surface area contributed by atoms with Crippen molar-refractivity contribution in [3.05, 3.63) is 65.2 Å². The van der Waals surface area contributed by atoms with Gasteiger partial charge in [-0.25, -0.2) is 12.7 Å². The molecule has 6 nitrogen and oxygen atoms in total. The molecule has 0 atom stereocenters. The lowest BCUT2D eigenvalue weighted by Gasteiger charge is -2.15. The summed E-state index contributed by atoms with van der Waals surface area (Å²) in [6, 6.07) is 12.6. The summed E-state index contributed by atoms with van der Waals surface area (Å²) in [5, 5.41) is 2.82. The number of aryl methyl sites for hydroxylation is 1. The van der Waals surface area contributed by atoms with Crippen LogP contribution in [0.3, 0.4) is 0 Å². The molecule has 0 radical (unpaired) electrons. The molecule has 1 amide bonds. The smallest absolute Gasteiger partial charge is 0.246 e. The van der Waals surface area contributed by atoms with Crippen LogP contribution in [-0.4, -0.2) is 39.8 Å². The highest BCUT2D eigenvalue weighted by Gasteiger charge is 2.22. The Hall–Kier alpha value is -2.64. The van der Waals surface area contributed by atoms with Gasteiger partial charge in [0, 0.05) is 26.7 Å². The molecular weight excluding hydrogens is 364 g/mol. The molecule has 0 unspecified atom stereocenters. The lowest BCUT2D eigenvalue weighted by atomic mass is 10.1. The Morgan fingerprint density at radius 2 is 1.89 bits per heavy atom. The normalized spacial score (nSPS) is 11.7. The summed E-state index contributed by atoms with van der Waals surface area (Å²) in [5.41, 5.74) is 2.74. The molecule has 0 saturated carbocycles. The molecular formula is C20H24N2O4S. The van der Waals surface area contributed by atoms with Gasteiger partial charge in [-0.05, 0) is 41.8 Å². The molecule has 0 aromatic heterocycles. The standard InChI is InChI=1S/C20H24N2O4S/c1-15-7-5-6-8-17(15)14-21-20(23)12-10-16-9-11-18(26-4)19(13-16)27(24,25)22(2)3/h5-13H,14H2,1-4H3,(H,21,23)/b12-10+. The summed E-state index contributed by atoms with van der Waals surface area (Å²) in [6.45, 7) is 2.42. The Kier molecular flexibility index (Phi) is 6.76. The van der Waals surface area contributed by atoms with Crippen molar-refractivity contribution in [1.82, 2.24) is 9.62 Å². The third kappa shape index (κ3) is 5.18. The summed E-state index contributed by atoms with van der Waals surface area (Å²) in [6.07, 6.45) is 2.95. The molecule has 2 rings (SSSR count). The average Bonchev–Trinajstić information content (AvgIpc) is 2.65. The van der Waals surface area contributed by atoms with Crippen molar-refractivity contribution >= 4 is 22.0 Å². The van der Waals surface area contributed by atoms with Crippen LogP contribution < -0.4 is 10.1 Å². The number of hydrogen-bond acceptors (Lipinski definition) is 4. The van der Waals surface area contributed by atoms with E-state index in [1.54, 1.807) is 18.2 Å². The van der Waals surface area contributed by atoms with E-state index in [0.29, 0.717) is 12.1 Å². The van der Waals surface area contributed by atoms with Crippen LogP contribution in [0.5, 0.6) is 5.75 Å². The average molecular weight is 388 g/mol. The molecule has 27 heavy (non-hydrogen) atoms. The highest BCUT2D eigenvalue weighted by molar-refractivity contribution is 7.89. The number of sulfonamides is 1. The topological polar surface area (TPSA) is 75.7 Å². The lowest BCUT2D eigenvalue weighted by Crippen LogP contribution is -2.23. The van der Waals surface area contributed by atoms with E-state index >= 15 is 0 Å². The van der Waals surface area contributed by atoms with Crippen LogP contribution in [0, 0.1) is 6.92 Å². The van der Waals surface area contributed by atoms with Crippen LogP contribution in [0.1, 0.15) is 16.7 Å². The zero-order chi connectivity index (χ0) is 20.0. The number of carbonyl (C=O) groups is 1. The number of methoxy groups -OCH3 is 1. The van der Waals surface area contributed by atoms with Crippen molar-refractivity contribution in [3.63, 3.8) is 0 Å². The lowest BCUT2D eigenvalue weighted by molar-refractivity contribution is -0.116. The van der Waals surface area contributed by atoms with Gasteiger partial charge < -0.3 is 10.1 Å². The van der Waals surface area contributed by atoms with Crippen LogP contribution in [0.2, 0.25) is 0 Å². The van der Waals surface area contributed by atoms with Gasteiger partial charge in [-0.2, -0.15) is 0 Å². The number of nitrogens with one attached hydrogen (secondary N) is 1. The molecule has 0 spiro atoms. The van der Waals surface area contributed by atoms with Gasteiger partial charge in [-0.15, -0.1) is 0 Å². The first kappa shape index (κ1) is 20.7. The first-order valence-corrected chi connectivity index (χ1v) is 9.80. The van der Waals surface area contributed by atoms with Crippen molar-refractivity contribution in [2.75, 3.05) is 21.2 Å². The molecule has 7 heteroatoms. The Morgan fingerprint density at radius 3 is 2.52 bits per heavy atom. The minimum Gasteiger partial charge on any atom is -0.495 e. The second-order valence-corrected chi connectivity index (χ2v) is 8.30. The first-order chi connectivity index (χ1) is 12.8. The zero-order valence-corrected chi connectivity index (χ0v) is 16.7. The molecule has 0 bridgehead atoms. The third-order valence-electron chi connectivity index (χ3n) is 4.09. The van der Waals surface area contributed by atoms with Crippen LogP contribution in [0.4, 0.5) is 0 Å². The number of rotatable bonds is 7. The van der Waals surface area contributed by atoms with Crippen LogP contribution in [0.15, 0.2) is 53.4 Å². The van der Waals surface area contributed by atoms with E-state index in [9.17, 15) is 13.2 Å². The van der Waals surface area contributed by atoms with Crippen molar-refractivity contribution in [3.8, 4) is 5.75 Å². The minimum atomic E-state index is -3.66. The summed E-state index contributed by atoms with van der Waals surface area (Å²) >= 11 is 0. The van der Waals surface area contributed by atoms with Crippen LogP contribution in [0.25, 0.3) is 6.08 Å². The molecule has 144 valence electrons. The van der Waals surface area contributed by atoms with Gasteiger partial charge in [0.15, 0.2) is 0 Å². The van der Waals surface area contributed by atoms with Crippen molar-refractivity contribution in [2.24, 2.45) is 0 Å². The number of amides is 1. The van der Waals surface area contributed by atoms with E-state index in [1.807, 2.05) is 31.2 Å². The number of hydrogen-bond donors (Lipinski definition) is 1. The SMILES string of the molecule is COc1ccc(/C=C/C(=O)NCc2ccccc2C)cc1S(=O)(=O)N(C)C. The Morgan fingerprint density at radius 1 is 1.19 bits per heavy atom. The van der Waals surface area contributed by atoms with Crippen molar-refractivity contribution < 1.29 is 17.9 Å². The van der Waals surface area contributed by atoms with Gasteiger partial charge in [0.2, 0.25) is 15.9 Å². The predicted molar refractivity (Wildman–Crippen MR) is 106 cm³/mol. The molecule has 2 aromatic rings. The molecule has 0 aliphatic heterocycles. The van der Waals surface area contributed by atoms with Gasteiger partial charge in [-0.1, -0.05) is 30.3 Å². The largest absolute Gasteiger partial charge is 0.495 e. The molecule has 0 heterocycles. The maximum Gasteiger partial charge on any atom is 0.246 e. The van der Waals surface area contributed by atoms with E-state index in [4.69, 9.17) is 4.74 Å². The molecule has 0 aliphatic rings. The second-order valence-electron chi connectivity index (χ2n) is 6.18. The van der Waals surface area contributed by atoms with E-state index in [2.05, 4.69) is 5.32 Å². The maximum absolute atomic E-state index is 12.4. The van der Waals surface area contributed by atoms with Gasteiger partial charge >= 0.3 is 0 Å². The quantitative estimate of drug-likeness (QED) is 0.740. The fourth-order valence-electron chi connectivity index (χ4n) is 2.42. The Balaban J connectivity index is 2.14. The first-order valence-electron chi connectivity index (χ1n) is 8.36.